The summed E-state index contributed by atoms with van der Waals surface area (Å²) in [6.45, 7) is 9.36. The molecular weight excluding hydrogens is 326 g/mol. The fourth-order valence-corrected chi connectivity index (χ4v) is 2.55. The first-order chi connectivity index (χ1) is 12.7. The molecule has 0 atom stereocenters. The third kappa shape index (κ3) is 5.70. The van der Waals surface area contributed by atoms with E-state index in [4.69, 9.17) is 9.47 Å². The van der Waals surface area contributed by atoms with Crippen LogP contribution in [0.25, 0.3) is 5.57 Å². The summed E-state index contributed by atoms with van der Waals surface area (Å²) in [4.78, 5) is 0. The molecule has 0 bridgehead atoms. The molecule has 5 heteroatoms. The molecule has 1 aromatic rings. The van der Waals surface area contributed by atoms with Crippen LogP contribution in [-0.2, 0) is 6.54 Å². The molecule has 26 heavy (non-hydrogen) atoms. The number of ether oxygens (including phenoxy) is 2. The summed E-state index contributed by atoms with van der Waals surface area (Å²) in [6.07, 6.45) is 9.52. The van der Waals surface area contributed by atoms with Crippen LogP contribution in [-0.4, -0.2) is 27.8 Å². The van der Waals surface area contributed by atoms with Gasteiger partial charge in [-0.15, -0.1) is 0 Å². The molecule has 0 aromatic heterocycles. The van der Waals surface area contributed by atoms with Gasteiger partial charge in [-0.1, -0.05) is 19.6 Å². The Morgan fingerprint density at radius 1 is 1.19 bits per heavy atom. The molecule has 5 nitrogen and oxygen atoms in total. The highest BCUT2D eigenvalue weighted by atomic mass is 16.5. The molecule has 3 N–H and O–H groups in total. The monoisotopic (exact) mass is 357 g/mol. The van der Waals surface area contributed by atoms with Crippen molar-refractivity contribution in [3.05, 3.63) is 66.2 Å². The van der Waals surface area contributed by atoms with Crippen LogP contribution in [0.1, 0.15) is 25.0 Å². The summed E-state index contributed by atoms with van der Waals surface area (Å²) >= 11 is 0. The summed E-state index contributed by atoms with van der Waals surface area (Å²) in [6, 6.07) is 4.06. The fraction of sp³-hybridized carbons (Fsp3) is 0.333. The Bertz CT molecular complexity index is 651. The van der Waals surface area contributed by atoms with Crippen LogP contribution in [0.2, 0.25) is 0 Å². The average Bonchev–Trinajstić information content (AvgIpc) is 2.68. The van der Waals surface area contributed by atoms with Crippen molar-refractivity contribution in [1.29, 1.82) is 0 Å². The zero-order valence-corrected chi connectivity index (χ0v) is 16.5. The van der Waals surface area contributed by atoms with Crippen molar-refractivity contribution in [1.82, 2.24) is 16.0 Å². The Kier molecular flexibility index (Phi) is 9.72. The predicted molar refractivity (Wildman–Crippen MR) is 110 cm³/mol. The number of methoxy groups -OCH3 is 2. The van der Waals surface area contributed by atoms with Gasteiger partial charge in [0, 0.05) is 30.9 Å². The van der Waals surface area contributed by atoms with Crippen LogP contribution in [0.15, 0.2) is 55.0 Å². The second kappa shape index (κ2) is 11.8. The van der Waals surface area contributed by atoms with Crippen LogP contribution in [0, 0.1) is 0 Å². The maximum absolute atomic E-state index is 5.64. The largest absolute Gasteiger partial charge is 0.496 e. The molecule has 0 fully saturated rings. The minimum absolute atomic E-state index is 0.684. The van der Waals surface area contributed by atoms with Gasteiger partial charge in [-0.3, -0.25) is 0 Å². The fourth-order valence-electron chi connectivity index (χ4n) is 2.55. The average molecular weight is 357 g/mol. The van der Waals surface area contributed by atoms with Crippen LogP contribution in [0.4, 0.5) is 0 Å². The molecule has 1 rings (SSSR count). The minimum atomic E-state index is 0.684. The van der Waals surface area contributed by atoms with Crippen molar-refractivity contribution in [3.8, 4) is 11.5 Å². The smallest absolute Gasteiger partial charge is 0.127 e. The van der Waals surface area contributed by atoms with Gasteiger partial charge in [0.15, 0.2) is 0 Å². The van der Waals surface area contributed by atoms with Gasteiger partial charge in [-0.2, -0.15) is 0 Å². The maximum atomic E-state index is 5.64. The summed E-state index contributed by atoms with van der Waals surface area (Å²) in [5.41, 5.74) is 4.05. The minimum Gasteiger partial charge on any atom is -0.496 e. The zero-order chi connectivity index (χ0) is 19.4. The second-order valence-corrected chi connectivity index (χ2v) is 5.43. The standard InChI is InChI=1S/C21H31N3O2/c1-7-16(10-11-22-4)18(14-23-8-2)17-12-20(25-5)19(15-24-9-3)21(13-17)26-6/h7-8,10-14,22-24H,2,9,15H2,1,3-6H3/b11-10-,16-7-,18-14+. The first-order valence-electron chi connectivity index (χ1n) is 8.70. The lowest BCUT2D eigenvalue weighted by molar-refractivity contribution is 0.382. The molecule has 0 spiro atoms. The highest BCUT2D eigenvalue weighted by Gasteiger charge is 2.15. The molecule has 0 aliphatic rings. The molecule has 0 aliphatic carbocycles. The third-order valence-corrected chi connectivity index (χ3v) is 3.87. The van der Waals surface area contributed by atoms with Crippen molar-refractivity contribution < 1.29 is 9.47 Å². The summed E-state index contributed by atoms with van der Waals surface area (Å²) in [5.74, 6) is 1.58. The number of allylic oxidation sites excluding steroid dienone is 4. The quantitative estimate of drug-likeness (QED) is 0.529. The lowest BCUT2D eigenvalue weighted by Gasteiger charge is -2.18. The Morgan fingerprint density at radius 2 is 1.85 bits per heavy atom. The molecule has 0 aliphatic heterocycles. The van der Waals surface area contributed by atoms with Crippen molar-refractivity contribution in [2.24, 2.45) is 0 Å². The van der Waals surface area contributed by atoms with E-state index in [2.05, 4.69) is 35.5 Å². The Hall–Kier alpha value is -2.66. The first-order valence-corrected chi connectivity index (χ1v) is 8.70. The van der Waals surface area contributed by atoms with E-state index in [1.54, 1.807) is 20.4 Å². The lowest BCUT2D eigenvalue weighted by atomic mass is 9.96. The Morgan fingerprint density at radius 3 is 2.31 bits per heavy atom. The van der Waals surface area contributed by atoms with E-state index in [-0.39, 0.29) is 0 Å². The summed E-state index contributed by atoms with van der Waals surface area (Å²) in [7, 11) is 5.23. The second-order valence-electron chi connectivity index (χ2n) is 5.43. The normalized spacial score (nSPS) is 12.2. The van der Waals surface area contributed by atoms with Gasteiger partial charge in [0.2, 0.25) is 0 Å². The van der Waals surface area contributed by atoms with E-state index in [1.807, 2.05) is 44.6 Å². The number of nitrogens with one attached hydrogen (secondary N) is 3. The molecule has 0 radical (unpaired) electrons. The lowest BCUT2D eigenvalue weighted by Crippen LogP contribution is -2.14. The number of hydrogen-bond acceptors (Lipinski definition) is 5. The van der Waals surface area contributed by atoms with Gasteiger partial charge in [0.05, 0.1) is 14.2 Å². The number of benzene rings is 1. The van der Waals surface area contributed by atoms with E-state index in [0.29, 0.717) is 6.54 Å². The van der Waals surface area contributed by atoms with Crippen LogP contribution in [0.3, 0.4) is 0 Å². The topological polar surface area (TPSA) is 54.5 Å². The highest BCUT2D eigenvalue weighted by Crippen LogP contribution is 2.35. The van der Waals surface area contributed by atoms with Gasteiger partial charge < -0.3 is 25.4 Å². The van der Waals surface area contributed by atoms with Crippen LogP contribution < -0.4 is 25.4 Å². The van der Waals surface area contributed by atoms with Gasteiger partial charge in [-0.25, -0.2) is 0 Å². The van der Waals surface area contributed by atoms with Gasteiger partial charge in [0.25, 0.3) is 0 Å². The van der Waals surface area contributed by atoms with E-state index in [1.165, 1.54) is 0 Å². The van der Waals surface area contributed by atoms with Crippen molar-refractivity contribution in [2.75, 3.05) is 27.8 Å². The number of hydrogen-bond donors (Lipinski definition) is 3. The molecule has 0 amide bonds. The maximum Gasteiger partial charge on any atom is 0.127 e. The van der Waals surface area contributed by atoms with Crippen LogP contribution in [0.5, 0.6) is 11.5 Å². The zero-order valence-electron chi connectivity index (χ0n) is 16.5. The van der Waals surface area contributed by atoms with Crippen molar-refractivity contribution >= 4 is 5.57 Å². The summed E-state index contributed by atoms with van der Waals surface area (Å²) < 4.78 is 11.3. The molecule has 0 unspecified atom stereocenters. The molecule has 0 saturated carbocycles. The number of rotatable bonds is 11. The molecule has 0 heterocycles. The first kappa shape index (κ1) is 21.4. The molecule has 0 saturated heterocycles. The van der Waals surface area contributed by atoms with Crippen molar-refractivity contribution in [2.45, 2.75) is 20.4 Å². The van der Waals surface area contributed by atoms with E-state index >= 15 is 0 Å². The SMILES string of the molecule is C=CN\C=C(C(/C=C\NC)=C\C)\c1cc(OC)c(CNCC)c(OC)c1. The van der Waals surface area contributed by atoms with E-state index in [0.717, 1.165) is 40.3 Å². The Labute approximate surface area is 157 Å². The van der Waals surface area contributed by atoms with E-state index < -0.39 is 0 Å². The molecule has 142 valence electrons. The van der Waals surface area contributed by atoms with Gasteiger partial charge >= 0.3 is 0 Å². The van der Waals surface area contributed by atoms with Crippen LogP contribution >= 0.6 is 0 Å². The summed E-state index contributed by atoms with van der Waals surface area (Å²) in [5, 5.41) is 9.43. The van der Waals surface area contributed by atoms with Gasteiger partial charge in [0.1, 0.15) is 11.5 Å². The predicted octanol–water partition coefficient (Wildman–Crippen LogP) is 3.57. The van der Waals surface area contributed by atoms with Gasteiger partial charge in [-0.05, 0) is 55.2 Å². The van der Waals surface area contributed by atoms with E-state index in [9.17, 15) is 0 Å². The molecular formula is C21H31N3O2. The Balaban J connectivity index is 3.50. The van der Waals surface area contributed by atoms with Crippen molar-refractivity contribution in [3.63, 3.8) is 0 Å². The third-order valence-electron chi connectivity index (χ3n) is 3.87. The molecule has 1 aromatic carbocycles. The highest BCUT2D eigenvalue weighted by molar-refractivity contribution is 5.83.